The van der Waals surface area contributed by atoms with E-state index in [0.29, 0.717) is 6.42 Å². The zero-order chi connectivity index (χ0) is 13.3. The highest BCUT2D eigenvalue weighted by Crippen LogP contribution is 2.08. The van der Waals surface area contributed by atoms with Crippen molar-refractivity contribution in [2.75, 3.05) is 0 Å². The fraction of sp³-hybridized carbons (Fsp3) is 0.923. The summed E-state index contributed by atoms with van der Waals surface area (Å²) in [7, 11) is 0. The van der Waals surface area contributed by atoms with Crippen molar-refractivity contribution in [3.8, 4) is 0 Å². The molecule has 1 amide bonds. The number of carbonyl (C=O) groups excluding carboxylic acids is 1. The van der Waals surface area contributed by atoms with E-state index in [-0.39, 0.29) is 0 Å². The Morgan fingerprint density at radius 2 is 1.82 bits per heavy atom. The average molecular weight is 245 g/mol. The first-order valence-corrected chi connectivity index (χ1v) is 6.52. The molecule has 4 nitrogen and oxygen atoms in total. The van der Waals surface area contributed by atoms with Gasteiger partial charge < -0.3 is 9.84 Å². The topological polar surface area (TPSA) is 58.6 Å². The zero-order valence-electron chi connectivity index (χ0n) is 11.6. The van der Waals surface area contributed by atoms with Crippen molar-refractivity contribution in [3.05, 3.63) is 0 Å². The Balaban J connectivity index is 3.57. The molecule has 0 aliphatic rings. The van der Waals surface area contributed by atoms with Crippen molar-refractivity contribution in [2.24, 2.45) is 0 Å². The fourth-order valence-electron chi connectivity index (χ4n) is 1.46. The van der Waals surface area contributed by atoms with Crippen molar-refractivity contribution in [3.63, 3.8) is 0 Å². The molecule has 0 rings (SSSR count). The van der Waals surface area contributed by atoms with Crippen LogP contribution in [0.3, 0.4) is 0 Å². The third-order valence-corrected chi connectivity index (χ3v) is 2.26. The van der Waals surface area contributed by atoms with Crippen LogP contribution in [0.4, 0.5) is 4.79 Å². The first-order valence-electron chi connectivity index (χ1n) is 6.52. The van der Waals surface area contributed by atoms with Crippen LogP contribution in [-0.2, 0) is 4.74 Å². The van der Waals surface area contributed by atoms with Gasteiger partial charge >= 0.3 is 6.09 Å². The van der Waals surface area contributed by atoms with Crippen molar-refractivity contribution >= 4 is 6.09 Å². The molecule has 0 saturated carbocycles. The van der Waals surface area contributed by atoms with Crippen LogP contribution in [0.1, 0.15) is 66.2 Å². The van der Waals surface area contributed by atoms with E-state index in [1.165, 1.54) is 19.3 Å². The summed E-state index contributed by atoms with van der Waals surface area (Å²) in [6.45, 7) is 7.55. The molecule has 17 heavy (non-hydrogen) atoms. The number of ether oxygens (including phenoxy) is 1. The van der Waals surface area contributed by atoms with E-state index >= 15 is 0 Å². The van der Waals surface area contributed by atoms with Gasteiger partial charge in [0.05, 0.1) is 0 Å². The van der Waals surface area contributed by atoms with Crippen molar-refractivity contribution in [2.45, 2.75) is 78.0 Å². The molecule has 0 radical (unpaired) electrons. The Morgan fingerprint density at radius 1 is 1.24 bits per heavy atom. The Labute approximate surface area is 105 Å². The molecule has 4 heteroatoms. The van der Waals surface area contributed by atoms with E-state index in [4.69, 9.17) is 4.74 Å². The molecular formula is C13H27NO3. The number of hydrogen-bond donors (Lipinski definition) is 2. The molecule has 0 spiro atoms. The summed E-state index contributed by atoms with van der Waals surface area (Å²) in [5, 5.41) is 12.0. The first-order chi connectivity index (χ1) is 7.85. The number of carbonyl (C=O) groups is 1. The molecule has 0 aliphatic carbocycles. The molecule has 102 valence electrons. The molecule has 0 aromatic carbocycles. The smallest absolute Gasteiger partial charge is 0.409 e. The van der Waals surface area contributed by atoms with Crippen LogP contribution < -0.4 is 5.32 Å². The molecule has 0 aromatic heterocycles. The largest absolute Gasteiger partial charge is 0.444 e. The van der Waals surface area contributed by atoms with Crippen molar-refractivity contribution in [1.82, 2.24) is 5.32 Å². The van der Waals surface area contributed by atoms with Gasteiger partial charge in [-0.1, -0.05) is 32.6 Å². The highest BCUT2D eigenvalue weighted by Gasteiger charge is 2.17. The van der Waals surface area contributed by atoms with Crippen LogP contribution in [0.5, 0.6) is 0 Å². The minimum atomic E-state index is -0.800. The highest BCUT2D eigenvalue weighted by atomic mass is 16.6. The van der Waals surface area contributed by atoms with E-state index in [1.54, 1.807) is 20.8 Å². The van der Waals surface area contributed by atoms with Gasteiger partial charge in [0, 0.05) is 0 Å². The summed E-state index contributed by atoms with van der Waals surface area (Å²) in [4.78, 5) is 11.3. The lowest BCUT2D eigenvalue weighted by Gasteiger charge is -2.21. The van der Waals surface area contributed by atoms with Gasteiger partial charge in [-0.3, -0.25) is 5.32 Å². The van der Waals surface area contributed by atoms with Crippen molar-refractivity contribution < 1.29 is 14.6 Å². The number of unbranched alkanes of at least 4 members (excludes halogenated alkanes) is 4. The summed E-state index contributed by atoms with van der Waals surface area (Å²) in [5.41, 5.74) is -0.523. The summed E-state index contributed by atoms with van der Waals surface area (Å²) < 4.78 is 5.04. The number of aliphatic hydroxyl groups excluding tert-OH is 1. The maximum atomic E-state index is 11.3. The van der Waals surface area contributed by atoms with Crippen molar-refractivity contribution in [1.29, 1.82) is 0 Å². The predicted octanol–water partition coefficient (Wildman–Crippen LogP) is 3.19. The zero-order valence-corrected chi connectivity index (χ0v) is 11.6. The van der Waals surface area contributed by atoms with Gasteiger partial charge in [0.15, 0.2) is 0 Å². The number of alkyl carbamates (subject to hydrolysis) is 1. The molecule has 1 unspecified atom stereocenters. The first kappa shape index (κ1) is 16.2. The Morgan fingerprint density at radius 3 is 2.35 bits per heavy atom. The number of hydrogen-bond acceptors (Lipinski definition) is 3. The average Bonchev–Trinajstić information content (AvgIpc) is 2.14. The van der Waals surface area contributed by atoms with Gasteiger partial charge in [-0.2, -0.15) is 0 Å². The second-order valence-electron chi connectivity index (χ2n) is 5.36. The second kappa shape index (κ2) is 8.34. The Hall–Kier alpha value is -0.770. The second-order valence-corrected chi connectivity index (χ2v) is 5.36. The molecule has 1 atom stereocenters. The van der Waals surface area contributed by atoms with E-state index in [1.807, 2.05) is 0 Å². The fourth-order valence-corrected chi connectivity index (χ4v) is 1.46. The molecular weight excluding hydrogens is 218 g/mol. The van der Waals surface area contributed by atoms with E-state index < -0.39 is 17.9 Å². The maximum absolute atomic E-state index is 11.3. The van der Waals surface area contributed by atoms with Crippen LogP contribution in [0, 0.1) is 0 Å². The monoisotopic (exact) mass is 245 g/mol. The SMILES string of the molecule is CCCCCCCC(O)NC(=O)OC(C)(C)C. The van der Waals surface area contributed by atoms with Crippen LogP contribution in [0.15, 0.2) is 0 Å². The number of nitrogens with one attached hydrogen (secondary N) is 1. The number of amides is 1. The van der Waals surface area contributed by atoms with Crippen LogP contribution in [0.25, 0.3) is 0 Å². The van der Waals surface area contributed by atoms with E-state index in [0.717, 1.165) is 12.8 Å². The molecule has 0 bridgehead atoms. The Kier molecular flexibility index (Phi) is 7.96. The van der Waals surface area contributed by atoms with Gasteiger partial charge in [0.1, 0.15) is 11.8 Å². The standard InChI is InChI=1S/C13H27NO3/c1-5-6-7-8-9-10-11(15)14-12(16)17-13(2,3)4/h11,15H,5-10H2,1-4H3,(H,14,16). The van der Waals surface area contributed by atoms with Gasteiger partial charge in [0.25, 0.3) is 0 Å². The van der Waals surface area contributed by atoms with Gasteiger partial charge in [-0.05, 0) is 33.6 Å². The molecule has 0 saturated heterocycles. The predicted molar refractivity (Wildman–Crippen MR) is 68.8 cm³/mol. The van der Waals surface area contributed by atoms with Gasteiger partial charge in [-0.15, -0.1) is 0 Å². The van der Waals surface area contributed by atoms with Crippen LogP contribution >= 0.6 is 0 Å². The van der Waals surface area contributed by atoms with E-state index in [2.05, 4.69) is 12.2 Å². The molecule has 0 aliphatic heterocycles. The third-order valence-electron chi connectivity index (χ3n) is 2.26. The normalized spacial score (nSPS) is 13.2. The highest BCUT2D eigenvalue weighted by molar-refractivity contribution is 5.67. The van der Waals surface area contributed by atoms with Crippen LogP contribution in [-0.4, -0.2) is 23.0 Å². The number of aliphatic hydroxyl groups is 1. The number of rotatable bonds is 7. The van der Waals surface area contributed by atoms with E-state index in [9.17, 15) is 9.90 Å². The lowest BCUT2D eigenvalue weighted by atomic mass is 10.1. The Bertz CT molecular complexity index is 211. The lowest BCUT2D eigenvalue weighted by molar-refractivity contribution is 0.0340. The molecule has 2 N–H and O–H groups in total. The summed E-state index contributed by atoms with van der Waals surface area (Å²) >= 11 is 0. The summed E-state index contributed by atoms with van der Waals surface area (Å²) in [5.74, 6) is 0. The third kappa shape index (κ3) is 11.5. The summed E-state index contributed by atoms with van der Waals surface area (Å²) in [6, 6.07) is 0. The molecule has 0 aromatic rings. The lowest BCUT2D eigenvalue weighted by Crippen LogP contribution is -2.38. The maximum Gasteiger partial charge on any atom is 0.409 e. The summed E-state index contributed by atoms with van der Waals surface area (Å²) in [6.07, 6.45) is 4.88. The molecule has 0 fully saturated rings. The quantitative estimate of drug-likeness (QED) is 0.535. The minimum absolute atomic E-state index is 0.523. The molecule has 0 heterocycles. The van der Waals surface area contributed by atoms with Crippen LogP contribution in [0.2, 0.25) is 0 Å². The van der Waals surface area contributed by atoms with Gasteiger partial charge in [-0.25, -0.2) is 4.79 Å². The van der Waals surface area contributed by atoms with Gasteiger partial charge in [0.2, 0.25) is 0 Å². The minimum Gasteiger partial charge on any atom is -0.444 e.